The van der Waals surface area contributed by atoms with Gasteiger partial charge in [-0.1, -0.05) is 36.4 Å². The minimum atomic E-state index is -0.316. The molecule has 0 radical (unpaired) electrons. The Balaban J connectivity index is 1.58. The Morgan fingerprint density at radius 2 is 1.93 bits per heavy atom. The molecule has 1 saturated heterocycles. The largest absolute Gasteiger partial charge is 0.380 e. The van der Waals surface area contributed by atoms with E-state index in [0.29, 0.717) is 22.4 Å². The van der Waals surface area contributed by atoms with Crippen LogP contribution in [0.5, 0.6) is 0 Å². The maximum atomic E-state index is 14.4. The van der Waals surface area contributed by atoms with Crippen molar-refractivity contribution in [3.8, 4) is 0 Å². The lowest BCUT2D eigenvalue weighted by atomic mass is 10.1. The zero-order chi connectivity index (χ0) is 20.2. The molecule has 29 heavy (non-hydrogen) atoms. The number of amides is 1. The van der Waals surface area contributed by atoms with E-state index in [-0.39, 0.29) is 24.4 Å². The lowest BCUT2D eigenvalue weighted by molar-refractivity contribution is 0.0938. The number of nitrogens with one attached hydrogen (secondary N) is 1. The Bertz CT molecular complexity index is 983. The van der Waals surface area contributed by atoms with Crippen LogP contribution in [-0.2, 0) is 11.3 Å². The van der Waals surface area contributed by atoms with Crippen LogP contribution in [0.4, 0.5) is 4.39 Å². The maximum absolute atomic E-state index is 14.4. The highest BCUT2D eigenvalue weighted by Gasteiger charge is 2.26. The minimum Gasteiger partial charge on any atom is -0.380 e. The number of hydrogen-bond donors (Lipinski definition) is 1. The van der Waals surface area contributed by atoms with Gasteiger partial charge < -0.3 is 10.1 Å². The van der Waals surface area contributed by atoms with E-state index < -0.39 is 0 Å². The summed E-state index contributed by atoms with van der Waals surface area (Å²) in [6, 6.07) is 15.4. The fourth-order valence-electron chi connectivity index (χ4n) is 4.09. The molecule has 4 nitrogen and oxygen atoms in total. The van der Waals surface area contributed by atoms with Crippen molar-refractivity contribution in [2.75, 3.05) is 26.7 Å². The predicted molar refractivity (Wildman–Crippen MR) is 115 cm³/mol. The Kier molecular flexibility index (Phi) is 6.23. The summed E-state index contributed by atoms with van der Waals surface area (Å²) in [5.41, 5.74) is 1.83. The number of carbonyl (C=O) groups is 1. The van der Waals surface area contributed by atoms with Gasteiger partial charge >= 0.3 is 0 Å². The first-order valence-corrected chi connectivity index (χ1v) is 10.8. The van der Waals surface area contributed by atoms with Crippen LogP contribution in [0, 0.1) is 5.82 Å². The van der Waals surface area contributed by atoms with Gasteiger partial charge in [-0.05, 0) is 43.6 Å². The molecule has 152 valence electrons. The van der Waals surface area contributed by atoms with Gasteiger partial charge in [-0.2, -0.15) is 0 Å². The first-order chi connectivity index (χ1) is 14.2. The second-order valence-corrected chi connectivity index (χ2v) is 8.39. The number of ether oxygens (including phenoxy) is 1. The molecule has 2 aromatic carbocycles. The Morgan fingerprint density at radius 3 is 2.66 bits per heavy atom. The van der Waals surface area contributed by atoms with Crippen LogP contribution in [0.2, 0.25) is 0 Å². The van der Waals surface area contributed by atoms with Gasteiger partial charge in [-0.25, -0.2) is 4.39 Å². The van der Waals surface area contributed by atoms with Crippen LogP contribution in [0.25, 0.3) is 10.1 Å². The number of likely N-dealkylation sites (tertiary alicyclic amines) is 1. The quantitative estimate of drug-likeness (QED) is 0.609. The molecule has 0 bridgehead atoms. The summed E-state index contributed by atoms with van der Waals surface area (Å²) >= 11 is 1.32. The van der Waals surface area contributed by atoms with E-state index in [2.05, 4.69) is 22.3 Å². The van der Waals surface area contributed by atoms with Crippen LogP contribution in [0.15, 0.2) is 48.5 Å². The highest BCUT2D eigenvalue weighted by Crippen LogP contribution is 2.34. The van der Waals surface area contributed by atoms with E-state index in [9.17, 15) is 9.18 Å². The molecule has 4 rings (SSSR count). The molecule has 1 aliphatic rings. The first-order valence-electron chi connectivity index (χ1n) is 9.95. The van der Waals surface area contributed by atoms with Gasteiger partial charge in [0.25, 0.3) is 5.91 Å². The number of fused-ring (bicyclic) bond motifs is 1. The van der Waals surface area contributed by atoms with E-state index in [1.54, 1.807) is 13.2 Å². The smallest absolute Gasteiger partial charge is 0.261 e. The van der Waals surface area contributed by atoms with Gasteiger partial charge in [-0.3, -0.25) is 9.69 Å². The molecule has 1 aromatic heterocycles. The van der Waals surface area contributed by atoms with Crippen molar-refractivity contribution < 1.29 is 13.9 Å². The molecule has 1 atom stereocenters. The Hall–Kier alpha value is -2.28. The van der Waals surface area contributed by atoms with Crippen molar-refractivity contribution in [1.29, 1.82) is 0 Å². The van der Waals surface area contributed by atoms with E-state index in [1.165, 1.54) is 35.8 Å². The van der Waals surface area contributed by atoms with Crippen LogP contribution in [0.1, 0.15) is 39.7 Å². The number of nitrogens with zero attached hydrogens (tertiary/aromatic N) is 1. The summed E-state index contributed by atoms with van der Waals surface area (Å²) in [7, 11) is 1.56. The number of thiophene rings is 1. The van der Waals surface area contributed by atoms with Crippen LogP contribution in [0.3, 0.4) is 0 Å². The molecular formula is C23H25FN2O2S. The molecule has 1 fully saturated rings. The second-order valence-electron chi connectivity index (χ2n) is 7.34. The fraction of sp³-hybridized carbons (Fsp3) is 0.348. The summed E-state index contributed by atoms with van der Waals surface area (Å²) in [5, 5.41) is 3.59. The lowest BCUT2D eigenvalue weighted by Crippen LogP contribution is -2.36. The van der Waals surface area contributed by atoms with Crippen LogP contribution < -0.4 is 5.32 Å². The fourth-order valence-corrected chi connectivity index (χ4v) is 5.23. The summed E-state index contributed by atoms with van der Waals surface area (Å²) in [4.78, 5) is 16.0. The van der Waals surface area contributed by atoms with Crippen LogP contribution in [-0.4, -0.2) is 37.6 Å². The summed E-state index contributed by atoms with van der Waals surface area (Å²) < 4.78 is 20.4. The minimum absolute atomic E-state index is 0.139. The van der Waals surface area contributed by atoms with Gasteiger partial charge in [0, 0.05) is 29.3 Å². The van der Waals surface area contributed by atoms with Gasteiger partial charge in [0.15, 0.2) is 0 Å². The topological polar surface area (TPSA) is 41.6 Å². The van der Waals surface area contributed by atoms with Gasteiger partial charge in [0.05, 0.1) is 17.5 Å². The zero-order valence-corrected chi connectivity index (χ0v) is 17.3. The van der Waals surface area contributed by atoms with Crippen molar-refractivity contribution in [1.82, 2.24) is 10.2 Å². The highest BCUT2D eigenvalue weighted by molar-refractivity contribution is 7.21. The first kappa shape index (κ1) is 20.0. The van der Waals surface area contributed by atoms with Gasteiger partial charge in [-0.15, -0.1) is 11.3 Å². The van der Waals surface area contributed by atoms with E-state index in [4.69, 9.17) is 4.74 Å². The van der Waals surface area contributed by atoms with Gasteiger partial charge in [0.2, 0.25) is 0 Å². The normalized spacial score (nSPS) is 15.7. The molecule has 1 unspecified atom stereocenters. The molecule has 1 amide bonds. The molecule has 0 aliphatic carbocycles. The Morgan fingerprint density at radius 1 is 1.17 bits per heavy atom. The molecular weight excluding hydrogens is 387 g/mol. The third-order valence-corrected chi connectivity index (χ3v) is 6.68. The van der Waals surface area contributed by atoms with Gasteiger partial charge in [0.1, 0.15) is 5.82 Å². The molecule has 0 spiro atoms. The number of halogens is 1. The SMILES string of the molecule is COCc1c(C(=O)NCC(c2ccccc2)N2CCCC2)sc2cccc(F)c12. The van der Waals surface area contributed by atoms with Crippen molar-refractivity contribution in [2.45, 2.75) is 25.5 Å². The molecule has 2 heterocycles. The number of benzene rings is 2. The standard InChI is InChI=1S/C23H25FN2O2S/c1-28-15-17-21-18(24)10-7-11-20(21)29-22(17)23(27)25-14-19(26-12-5-6-13-26)16-8-3-2-4-9-16/h2-4,7-11,19H,5-6,12-15H2,1H3,(H,25,27). The molecule has 3 aromatic rings. The third kappa shape index (κ3) is 4.20. The third-order valence-electron chi connectivity index (χ3n) is 5.48. The summed E-state index contributed by atoms with van der Waals surface area (Å²) in [6.07, 6.45) is 2.37. The average molecular weight is 413 g/mol. The van der Waals surface area contributed by atoms with E-state index in [0.717, 1.165) is 17.8 Å². The van der Waals surface area contributed by atoms with E-state index in [1.807, 2.05) is 24.3 Å². The van der Waals surface area contributed by atoms with Crippen molar-refractivity contribution in [3.05, 3.63) is 70.4 Å². The Labute approximate surface area is 174 Å². The number of rotatable bonds is 7. The maximum Gasteiger partial charge on any atom is 0.261 e. The van der Waals surface area contributed by atoms with Crippen molar-refractivity contribution >= 4 is 27.3 Å². The monoisotopic (exact) mass is 412 g/mol. The lowest BCUT2D eigenvalue weighted by Gasteiger charge is -2.28. The van der Waals surface area contributed by atoms with Crippen molar-refractivity contribution in [3.63, 3.8) is 0 Å². The van der Waals surface area contributed by atoms with Crippen LogP contribution >= 0.6 is 11.3 Å². The van der Waals surface area contributed by atoms with E-state index >= 15 is 0 Å². The number of methoxy groups -OCH3 is 1. The number of hydrogen-bond acceptors (Lipinski definition) is 4. The second kappa shape index (κ2) is 9.03. The average Bonchev–Trinajstić information content (AvgIpc) is 3.38. The predicted octanol–water partition coefficient (Wildman–Crippen LogP) is 4.75. The zero-order valence-electron chi connectivity index (χ0n) is 16.5. The molecule has 1 N–H and O–H groups in total. The highest BCUT2D eigenvalue weighted by atomic mass is 32.1. The molecule has 0 saturated carbocycles. The molecule has 1 aliphatic heterocycles. The number of carbonyl (C=O) groups excluding carboxylic acids is 1. The summed E-state index contributed by atoms with van der Waals surface area (Å²) in [5.74, 6) is -0.484. The molecule has 6 heteroatoms. The van der Waals surface area contributed by atoms with Crippen molar-refractivity contribution in [2.24, 2.45) is 0 Å². The summed E-state index contributed by atoms with van der Waals surface area (Å²) in [6.45, 7) is 2.81.